The van der Waals surface area contributed by atoms with Gasteiger partial charge < -0.3 is 9.47 Å². The van der Waals surface area contributed by atoms with Crippen molar-refractivity contribution in [3.8, 4) is 11.5 Å². The molecule has 0 aliphatic heterocycles. The molecule has 1 N–H and O–H groups in total. The maximum Gasteiger partial charge on any atom is 0.277 e. The van der Waals surface area contributed by atoms with Crippen LogP contribution in [0.15, 0.2) is 84.0 Å². The molecule has 142 valence electrons. The number of halogens is 1. The van der Waals surface area contributed by atoms with Crippen LogP contribution in [0.1, 0.15) is 11.1 Å². The van der Waals surface area contributed by atoms with Crippen LogP contribution in [0.25, 0.3) is 0 Å². The van der Waals surface area contributed by atoms with Crippen molar-refractivity contribution in [2.24, 2.45) is 5.10 Å². The molecule has 28 heavy (non-hydrogen) atoms. The van der Waals surface area contributed by atoms with Gasteiger partial charge in [-0.25, -0.2) is 5.43 Å². The van der Waals surface area contributed by atoms with Crippen molar-refractivity contribution in [3.63, 3.8) is 0 Å². The van der Waals surface area contributed by atoms with E-state index in [0.29, 0.717) is 23.1 Å². The molecule has 0 unspecified atom stereocenters. The lowest BCUT2D eigenvalue weighted by Gasteiger charge is -2.09. The van der Waals surface area contributed by atoms with Gasteiger partial charge in [-0.15, -0.1) is 0 Å². The van der Waals surface area contributed by atoms with Gasteiger partial charge in [-0.2, -0.15) is 5.10 Å². The van der Waals surface area contributed by atoms with Gasteiger partial charge in [0.25, 0.3) is 5.91 Å². The molecule has 0 aromatic heterocycles. The van der Waals surface area contributed by atoms with Crippen LogP contribution in [0.3, 0.4) is 0 Å². The van der Waals surface area contributed by atoms with E-state index in [-0.39, 0.29) is 12.5 Å². The topological polar surface area (TPSA) is 59.9 Å². The molecule has 3 rings (SSSR count). The molecule has 6 heteroatoms. The summed E-state index contributed by atoms with van der Waals surface area (Å²) in [6.07, 6.45) is 1.54. The molecule has 0 fully saturated rings. The van der Waals surface area contributed by atoms with Crippen molar-refractivity contribution < 1.29 is 14.3 Å². The third-order valence-corrected chi connectivity index (χ3v) is 4.06. The first-order chi connectivity index (χ1) is 13.7. The molecule has 0 aliphatic rings. The Morgan fingerprint density at radius 1 is 0.893 bits per heavy atom. The lowest BCUT2D eigenvalue weighted by Crippen LogP contribution is -2.24. The normalized spacial score (nSPS) is 10.6. The number of para-hydroxylation sites is 2. The molecule has 1 amide bonds. The van der Waals surface area contributed by atoms with E-state index in [4.69, 9.17) is 21.1 Å². The summed E-state index contributed by atoms with van der Waals surface area (Å²) < 4.78 is 11.2. The molecule has 0 radical (unpaired) electrons. The Morgan fingerprint density at radius 3 is 2.36 bits per heavy atom. The first-order valence-electron chi connectivity index (χ1n) is 8.67. The average molecular weight is 395 g/mol. The van der Waals surface area contributed by atoms with Crippen molar-refractivity contribution in [1.29, 1.82) is 0 Å². The van der Waals surface area contributed by atoms with Crippen LogP contribution in [0, 0.1) is 0 Å². The Kier molecular flexibility index (Phi) is 7.04. The number of carbonyl (C=O) groups excluding carboxylic acids is 1. The fourth-order valence-corrected chi connectivity index (χ4v) is 2.56. The Bertz CT molecular complexity index is 945. The second kappa shape index (κ2) is 10.1. The Morgan fingerprint density at radius 2 is 1.57 bits per heavy atom. The van der Waals surface area contributed by atoms with Gasteiger partial charge in [0.15, 0.2) is 6.61 Å². The summed E-state index contributed by atoms with van der Waals surface area (Å²) in [6.45, 7) is 0.261. The van der Waals surface area contributed by atoms with Crippen molar-refractivity contribution in [3.05, 3.63) is 95.0 Å². The number of rotatable bonds is 8. The first kappa shape index (κ1) is 19.5. The molecule has 0 saturated carbocycles. The van der Waals surface area contributed by atoms with E-state index < -0.39 is 0 Å². The molecular weight excluding hydrogens is 376 g/mol. The molecule has 0 heterocycles. The third-order valence-electron chi connectivity index (χ3n) is 3.74. The largest absolute Gasteiger partial charge is 0.488 e. The number of ether oxygens (including phenoxy) is 2. The van der Waals surface area contributed by atoms with Gasteiger partial charge in [0.05, 0.1) is 11.2 Å². The molecule has 0 saturated heterocycles. The van der Waals surface area contributed by atoms with Crippen molar-refractivity contribution in [2.45, 2.75) is 6.61 Å². The highest BCUT2D eigenvalue weighted by atomic mass is 35.5. The van der Waals surface area contributed by atoms with E-state index in [1.165, 1.54) is 6.21 Å². The molecule has 0 atom stereocenters. The lowest BCUT2D eigenvalue weighted by molar-refractivity contribution is -0.123. The summed E-state index contributed by atoms with van der Waals surface area (Å²) in [5, 5.41) is 4.42. The SMILES string of the molecule is O=C(COc1ccccc1Cl)N/N=C/c1ccccc1OCc1ccccc1. The van der Waals surface area contributed by atoms with E-state index in [2.05, 4.69) is 10.5 Å². The van der Waals surface area contributed by atoms with Crippen LogP contribution in [-0.4, -0.2) is 18.7 Å². The Labute approximate surface area is 168 Å². The Hall–Kier alpha value is -3.31. The van der Waals surface area contributed by atoms with E-state index in [1.807, 2.05) is 54.6 Å². The summed E-state index contributed by atoms with van der Waals surface area (Å²) >= 11 is 5.98. The summed E-state index contributed by atoms with van der Waals surface area (Å²) in [6, 6.07) is 24.3. The highest BCUT2D eigenvalue weighted by molar-refractivity contribution is 6.32. The zero-order chi connectivity index (χ0) is 19.6. The van der Waals surface area contributed by atoms with Crippen molar-refractivity contribution in [1.82, 2.24) is 5.43 Å². The van der Waals surface area contributed by atoms with Crippen LogP contribution in [0.2, 0.25) is 5.02 Å². The first-order valence-corrected chi connectivity index (χ1v) is 9.05. The van der Waals surface area contributed by atoms with Crippen molar-refractivity contribution >= 4 is 23.7 Å². The molecule has 0 spiro atoms. The zero-order valence-corrected chi connectivity index (χ0v) is 15.8. The van der Waals surface area contributed by atoms with Crippen LogP contribution < -0.4 is 14.9 Å². The molecule has 3 aromatic rings. The number of hydrogen-bond donors (Lipinski definition) is 1. The van der Waals surface area contributed by atoms with Gasteiger partial charge in [-0.1, -0.05) is 66.2 Å². The number of carbonyl (C=O) groups is 1. The number of nitrogens with one attached hydrogen (secondary N) is 1. The molecule has 5 nitrogen and oxygen atoms in total. The molecule has 3 aromatic carbocycles. The van der Waals surface area contributed by atoms with Gasteiger partial charge in [-0.05, 0) is 29.8 Å². The fourth-order valence-electron chi connectivity index (χ4n) is 2.37. The molecule has 0 bridgehead atoms. The highest BCUT2D eigenvalue weighted by Crippen LogP contribution is 2.22. The standard InChI is InChI=1S/C22H19ClN2O3/c23-19-11-5-7-13-21(19)28-16-22(26)25-24-14-18-10-4-6-12-20(18)27-15-17-8-2-1-3-9-17/h1-14H,15-16H2,(H,25,26)/b24-14+. The van der Waals surface area contributed by atoms with E-state index in [0.717, 1.165) is 11.1 Å². The molecular formula is C22H19ClN2O3. The number of hydrazone groups is 1. The minimum Gasteiger partial charge on any atom is -0.488 e. The minimum atomic E-state index is -0.390. The number of amides is 1. The summed E-state index contributed by atoms with van der Waals surface area (Å²) in [7, 11) is 0. The summed E-state index contributed by atoms with van der Waals surface area (Å²) in [5.74, 6) is 0.735. The van der Waals surface area contributed by atoms with E-state index >= 15 is 0 Å². The van der Waals surface area contributed by atoms with Crippen LogP contribution >= 0.6 is 11.6 Å². The lowest BCUT2D eigenvalue weighted by atomic mass is 10.2. The van der Waals surface area contributed by atoms with Crippen molar-refractivity contribution in [2.75, 3.05) is 6.61 Å². The fraction of sp³-hybridized carbons (Fsp3) is 0.0909. The predicted molar refractivity (Wildman–Crippen MR) is 110 cm³/mol. The smallest absolute Gasteiger partial charge is 0.277 e. The minimum absolute atomic E-state index is 0.187. The van der Waals surface area contributed by atoms with Gasteiger partial charge in [0, 0.05) is 5.56 Å². The number of benzene rings is 3. The van der Waals surface area contributed by atoms with Gasteiger partial charge >= 0.3 is 0 Å². The summed E-state index contributed by atoms with van der Waals surface area (Å²) in [4.78, 5) is 11.9. The quantitative estimate of drug-likeness (QED) is 0.453. The third kappa shape index (κ3) is 5.86. The number of hydrogen-bond acceptors (Lipinski definition) is 4. The monoisotopic (exact) mass is 394 g/mol. The number of nitrogens with zero attached hydrogens (tertiary/aromatic N) is 1. The van der Waals surface area contributed by atoms with Gasteiger partial charge in [0.2, 0.25) is 0 Å². The predicted octanol–water partition coefficient (Wildman–Crippen LogP) is 4.45. The van der Waals surface area contributed by atoms with Crippen LogP contribution in [-0.2, 0) is 11.4 Å². The van der Waals surface area contributed by atoms with Gasteiger partial charge in [0.1, 0.15) is 18.1 Å². The average Bonchev–Trinajstić information content (AvgIpc) is 2.73. The Balaban J connectivity index is 1.52. The van der Waals surface area contributed by atoms with E-state index in [9.17, 15) is 4.79 Å². The van der Waals surface area contributed by atoms with Gasteiger partial charge in [-0.3, -0.25) is 4.79 Å². The second-order valence-corrected chi connectivity index (χ2v) is 6.23. The summed E-state index contributed by atoms with van der Waals surface area (Å²) in [5.41, 5.74) is 4.25. The maximum absolute atomic E-state index is 11.9. The maximum atomic E-state index is 11.9. The van der Waals surface area contributed by atoms with E-state index in [1.54, 1.807) is 24.3 Å². The second-order valence-electron chi connectivity index (χ2n) is 5.82. The molecule has 0 aliphatic carbocycles. The van der Waals surface area contributed by atoms with Crippen LogP contribution in [0.4, 0.5) is 0 Å². The van der Waals surface area contributed by atoms with Crippen LogP contribution in [0.5, 0.6) is 11.5 Å². The highest BCUT2D eigenvalue weighted by Gasteiger charge is 2.05. The zero-order valence-electron chi connectivity index (χ0n) is 15.0.